The van der Waals surface area contributed by atoms with Crippen molar-refractivity contribution >= 4 is 23.1 Å². The van der Waals surface area contributed by atoms with E-state index >= 15 is 0 Å². The van der Waals surface area contributed by atoms with Gasteiger partial charge in [-0.25, -0.2) is 0 Å². The van der Waals surface area contributed by atoms with Gasteiger partial charge in [-0.05, 0) is 60.7 Å². The highest BCUT2D eigenvalue weighted by Crippen LogP contribution is 2.31. The van der Waals surface area contributed by atoms with Crippen LogP contribution in [0.15, 0.2) is 78.5 Å². The fourth-order valence-electron chi connectivity index (χ4n) is 3.88. The fraction of sp³-hybridized carbons (Fsp3) is 0.214. The molecule has 0 saturated carbocycles. The Morgan fingerprint density at radius 1 is 0.818 bits per heavy atom. The number of benzene rings is 3. The number of carbonyl (C=O) groups is 2. The smallest absolute Gasteiger partial charge is 0.278 e. The third kappa shape index (κ3) is 4.82. The van der Waals surface area contributed by atoms with Gasteiger partial charge in [0.15, 0.2) is 0 Å². The van der Waals surface area contributed by atoms with Crippen LogP contribution in [0.2, 0.25) is 0 Å². The van der Waals surface area contributed by atoms with E-state index in [-0.39, 0.29) is 11.8 Å². The van der Waals surface area contributed by atoms with Crippen molar-refractivity contribution in [2.45, 2.75) is 26.7 Å². The van der Waals surface area contributed by atoms with Crippen LogP contribution in [0, 0.1) is 6.92 Å². The molecule has 1 aliphatic rings. The van der Waals surface area contributed by atoms with Crippen molar-refractivity contribution in [2.24, 2.45) is 0 Å². The molecule has 1 heterocycles. The zero-order valence-corrected chi connectivity index (χ0v) is 19.2. The third-order valence-corrected chi connectivity index (χ3v) is 5.92. The highest BCUT2D eigenvalue weighted by molar-refractivity contribution is 6.36. The van der Waals surface area contributed by atoms with Crippen LogP contribution in [0.5, 0.6) is 5.75 Å². The Balaban J connectivity index is 1.61. The third-order valence-electron chi connectivity index (χ3n) is 5.92. The van der Waals surface area contributed by atoms with Crippen molar-refractivity contribution in [3.63, 3.8) is 0 Å². The van der Waals surface area contributed by atoms with Crippen LogP contribution in [-0.4, -0.2) is 30.4 Å². The molecular formula is C28H28N2O3. The van der Waals surface area contributed by atoms with Gasteiger partial charge >= 0.3 is 0 Å². The van der Waals surface area contributed by atoms with Crippen molar-refractivity contribution in [1.82, 2.24) is 4.90 Å². The predicted molar refractivity (Wildman–Crippen MR) is 131 cm³/mol. The minimum Gasteiger partial charge on any atom is -0.497 e. The highest BCUT2D eigenvalue weighted by atomic mass is 16.5. The Bertz CT molecular complexity index is 1180. The molecule has 0 bridgehead atoms. The van der Waals surface area contributed by atoms with E-state index < -0.39 is 0 Å². The van der Waals surface area contributed by atoms with Gasteiger partial charge in [-0.15, -0.1) is 0 Å². The zero-order chi connectivity index (χ0) is 23.4. The van der Waals surface area contributed by atoms with Crippen molar-refractivity contribution < 1.29 is 14.3 Å². The standard InChI is InChI=1S/C28H28N2O3/c1-4-20-7-13-23(14-8-20)29-26-25(22-11-5-19(2)6-12-22)27(31)30(28(26)32)18-17-21-9-15-24(33-3)16-10-21/h5-16,29H,4,17-18H2,1-3H3. The van der Waals surface area contributed by atoms with Crippen LogP contribution in [0.1, 0.15) is 29.2 Å². The molecule has 0 aromatic heterocycles. The van der Waals surface area contributed by atoms with E-state index in [1.165, 1.54) is 10.5 Å². The molecule has 0 radical (unpaired) electrons. The first-order chi connectivity index (χ1) is 16.0. The van der Waals surface area contributed by atoms with Crippen LogP contribution >= 0.6 is 0 Å². The van der Waals surface area contributed by atoms with Gasteiger partial charge in [0.1, 0.15) is 11.4 Å². The second kappa shape index (κ2) is 9.74. The SMILES string of the molecule is CCc1ccc(NC2=C(c3ccc(C)cc3)C(=O)N(CCc3ccc(OC)cc3)C2=O)cc1. The number of ether oxygens (including phenoxy) is 1. The molecular weight excluding hydrogens is 412 g/mol. The summed E-state index contributed by atoms with van der Waals surface area (Å²) < 4.78 is 5.20. The van der Waals surface area contributed by atoms with Gasteiger partial charge in [0.2, 0.25) is 0 Å². The average molecular weight is 441 g/mol. The first-order valence-electron chi connectivity index (χ1n) is 11.2. The molecule has 0 unspecified atom stereocenters. The molecule has 33 heavy (non-hydrogen) atoms. The summed E-state index contributed by atoms with van der Waals surface area (Å²) in [5.41, 5.74) is 5.59. The number of rotatable bonds is 8. The van der Waals surface area contributed by atoms with Crippen molar-refractivity contribution in [2.75, 3.05) is 19.0 Å². The van der Waals surface area contributed by atoms with Crippen molar-refractivity contribution in [3.8, 4) is 5.75 Å². The lowest BCUT2D eigenvalue weighted by Gasteiger charge is -2.15. The maximum Gasteiger partial charge on any atom is 0.278 e. The van der Waals surface area contributed by atoms with Crippen LogP contribution in [0.3, 0.4) is 0 Å². The lowest BCUT2D eigenvalue weighted by Crippen LogP contribution is -2.34. The molecule has 1 aliphatic heterocycles. The Morgan fingerprint density at radius 2 is 1.45 bits per heavy atom. The molecule has 0 spiro atoms. The summed E-state index contributed by atoms with van der Waals surface area (Å²) in [4.78, 5) is 28.1. The molecule has 1 N–H and O–H groups in total. The van der Waals surface area contributed by atoms with Gasteiger partial charge < -0.3 is 10.1 Å². The van der Waals surface area contributed by atoms with Crippen molar-refractivity contribution in [1.29, 1.82) is 0 Å². The lowest BCUT2D eigenvalue weighted by atomic mass is 10.0. The Kier molecular flexibility index (Phi) is 6.59. The molecule has 4 rings (SSSR count). The predicted octanol–water partition coefficient (Wildman–Crippen LogP) is 5.00. The lowest BCUT2D eigenvalue weighted by molar-refractivity contribution is -0.136. The number of carbonyl (C=O) groups excluding carboxylic acids is 2. The maximum absolute atomic E-state index is 13.4. The van der Waals surface area contributed by atoms with E-state index in [1.807, 2.05) is 79.7 Å². The molecule has 3 aromatic rings. The molecule has 0 aliphatic carbocycles. The minimum absolute atomic E-state index is 0.273. The Labute approximate surface area is 194 Å². The number of amides is 2. The number of methoxy groups -OCH3 is 1. The van der Waals surface area contributed by atoms with E-state index in [1.54, 1.807) is 7.11 Å². The van der Waals surface area contributed by atoms with E-state index in [0.29, 0.717) is 24.2 Å². The summed E-state index contributed by atoms with van der Waals surface area (Å²) >= 11 is 0. The number of hydrogen-bond donors (Lipinski definition) is 1. The molecule has 0 saturated heterocycles. The highest BCUT2D eigenvalue weighted by Gasteiger charge is 2.38. The largest absolute Gasteiger partial charge is 0.497 e. The van der Waals surface area contributed by atoms with E-state index in [2.05, 4.69) is 12.2 Å². The number of nitrogens with zero attached hydrogens (tertiary/aromatic N) is 1. The topological polar surface area (TPSA) is 58.6 Å². The summed E-state index contributed by atoms with van der Waals surface area (Å²) in [5.74, 6) is 0.199. The van der Waals surface area contributed by atoms with Gasteiger partial charge in [0.25, 0.3) is 11.8 Å². The Hall–Kier alpha value is -3.86. The average Bonchev–Trinajstić information content (AvgIpc) is 3.08. The summed E-state index contributed by atoms with van der Waals surface area (Å²) in [6, 6.07) is 23.3. The molecule has 3 aromatic carbocycles. The first-order valence-corrected chi connectivity index (χ1v) is 11.2. The molecule has 0 fully saturated rings. The summed E-state index contributed by atoms with van der Waals surface area (Å²) in [7, 11) is 1.62. The van der Waals surface area contributed by atoms with Crippen LogP contribution in [0.4, 0.5) is 5.69 Å². The van der Waals surface area contributed by atoms with Crippen LogP contribution in [-0.2, 0) is 22.4 Å². The van der Waals surface area contributed by atoms with Gasteiger partial charge in [-0.3, -0.25) is 14.5 Å². The monoisotopic (exact) mass is 440 g/mol. The molecule has 0 atom stereocenters. The van der Waals surface area contributed by atoms with Gasteiger partial charge in [-0.1, -0.05) is 61.0 Å². The molecule has 2 amide bonds. The van der Waals surface area contributed by atoms with Gasteiger partial charge in [0, 0.05) is 12.2 Å². The van der Waals surface area contributed by atoms with Crippen LogP contribution < -0.4 is 10.1 Å². The van der Waals surface area contributed by atoms with E-state index in [9.17, 15) is 9.59 Å². The fourth-order valence-corrected chi connectivity index (χ4v) is 3.88. The minimum atomic E-state index is -0.302. The second-order valence-electron chi connectivity index (χ2n) is 8.15. The summed E-state index contributed by atoms with van der Waals surface area (Å²) in [5, 5.41) is 3.23. The summed E-state index contributed by atoms with van der Waals surface area (Å²) in [6.45, 7) is 4.40. The number of anilines is 1. The summed E-state index contributed by atoms with van der Waals surface area (Å²) in [6.07, 6.45) is 1.51. The number of imide groups is 1. The van der Waals surface area contributed by atoms with Gasteiger partial charge in [0.05, 0.1) is 12.7 Å². The van der Waals surface area contributed by atoms with Gasteiger partial charge in [-0.2, -0.15) is 0 Å². The number of hydrogen-bond acceptors (Lipinski definition) is 4. The normalized spacial score (nSPS) is 13.6. The maximum atomic E-state index is 13.4. The van der Waals surface area contributed by atoms with E-state index in [4.69, 9.17) is 4.74 Å². The number of nitrogens with one attached hydrogen (secondary N) is 1. The van der Waals surface area contributed by atoms with E-state index in [0.717, 1.165) is 34.5 Å². The Morgan fingerprint density at radius 3 is 2.06 bits per heavy atom. The number of aryl methyl sites for hydroxylation is 2. The van der Waals surface area contributed by atoms with Crippen molar-refractivity contribution in [3.05, 3.63) is 101 Å². The molecule has 5 heteroatoms. The first kappa shape index (κ1) is 22.3. The molecule has 5 nitrogen and oxygen atoms in total. The van der Waals surface area contributed by atoms with Crippen LogP contribution in [0.25, 0.3) is 5.57 Å². The molecule has 168 valence electrons. The quantitative estimate of drug-likeness (QED) is 0.501. The zero-order valence-electron chi connectivity index (χ0n) is 19.2. The second-order valence-corrected chi connectivity index (χ2v) is 8.15.